The predicted molar refractivity (Wildman–Crippen MR) is 102 cm³/mol. The van der Waals surface area contributed by atoms with E-state index in [2.05, 4.69) is 15.3 Å². The fourth-order valence-corrected chi connectivity index (χ4v) is 2.88. The van der Waals surface area contributed by atoms with Crippen molar-refractivity contribution in [3.63, 3.8) is 0 Å². The molecule has 2 N–H and O–H groups in total. The molecule has 9 nitrogen and oxygen atoms in total. The monoisotopic (exact) mass is 395 g/mol. The summed E-state index contributed by atoms with van der Waals surface area (Å²) in [5.41, 5.74) is 0.519. The Morgan fingerprint density at radius 2 is 2.00 bits per heavy atom. The van der Waals surface area contributed by atoms with Crippen LogP contribution in [0.5, 0.6) is 11.5 Å². The van der Waals surface area contributed by atoms with Crippen molar-refractivity contribution >= 4 is 22.8 Å². The molecule has 2 aromatic carbocycles. The van der Waals surface area contributed by atoms with Gasteiger partial charge in [-0.1, -0.05) is 12.1 Å². The smallest absolute Gasteiger partial charge is 0.326 e. The fourth-order valence-electron chi connectivity index (χ4n) is 2.88. The lowest BCUT2D eigenvalue weighted by atomic mass is 10.2. The van der Waals surface area contributed by atoms with Crippen LogP contribution in [-0.4, -0.2) is 35.2 Å². The molecule has 1 aliphatic rings. The number of ether oxygens (including phenoxy) is 3. The van der Waals surface area contributed by atoms with Crippen LogP contribution in [0.3, 0.4) is 0 Å². The van der Waals surface area contributed by atoms with Crippen LogP contribution in [0, 0.1) is 0 Å². The minimum atomic E-state index is -0.790. The van der Waals surface area contributed by atoms with Crippen LogP contribution in [0.1, 0.15) is 29.2 Å². The van der Waals surface area contributed by atoms with E-state index in [1.807, 2.05) is 0 Å². The van der Waals surface area contributed by atoms with Gasteiger partial charge in [0.25, 0.3) is 11.5 Å². The van der Waals surface area contributed by atoms with E-state index in [1.54, 1.807) is 43.3 Å². The summed E-state index contributed by atoms with van der Waals surface area (Å²) in [4.78, 5) is 43.4. The summed E-state index contributed by atoms with van der Waals surface area (Å²) in [6.45, 7) is 1.36. The summed E-state index contributed by atoms with van der Waals surface area (Å²) in [6.07, 6.45) is -0.790. The highest BCUT2D eigenvalue weighted by Crippen LogP contribution is 2.32. The van der Waals surface area contributed by atoms with Crippen LogP contribution in [0.25, 0.3) is 10.9 Å². The van der Waals surface area contributed by atoms with Crippen molar-refractivity contribution in [1.29, 1.82) is 0 Å². The number of aromatic nitrogens is 2. The number of hydrogen-bond acceptors (Lipinski definition) is 7. The van der Waals surface area contributed by atoms with E-state index in [1.165, 1.54) is 6.07 Å². The van der Waals surface area contributed by atoms with Crippen molar-refractivity contribution in [3.8, 4) is 11.5 Å². The summed E-state index contributed by atoms with van der Waals surface area (Å²) >= 11 is 0. The SMILES string of the molecule is CC(OC(=O)CNC(=O)c1ccc2c(c1)OCO2)c1nc2ccccc2c(=O)[nH]1. The van der Waals surface area contributed by atoms with Gasteiger partial charge in [0.05, 0.1) is 10.9 Å². The zero-order valence-electron chi connectivity index (χ0n) is 15.4. The predicted octanol–water partition coefficient (Wildman–Crippen LogP) is 1.69. The van der Waals surface area contributed by atoms with Gasteiger partial charge in [-0.2, -0.15) is 0 Å². The molecule has 0 radical (unpaired) electrons. The summed E-state index contributed by atoms with van der Waals surface area (Å²) in [5.74, 6) is 0.142. The van der Waals surface area contributed by atoms with E-state index < -0.39 is 18.0 Å². The molecular weight excluding hydrogens is 378 g/mol. The summed E-state index contributed by atoms with van der Waals surface area (Å²) in [6, 6.07) is 11.6. The van der Waals surface area contributed by atoms with Crippen molar-refractivity contribution in [2.24, 2.45) is 0 Å². The van der Waals surface area contributed by atoms with E-state index in [4.69, 9.17) is 14.2 Å². The maximum atomic E-state index is 12.2. The normalized spacial score (nSPS) is 13.1. The molecule has 0 fully saturated rings. The average molecular weight is 395 g/mol. The Labute approximate surface area is 164 Å². The van der Waals surface area contributed by atoms with Gasteiger partial charge in [0.2, 0.25) is 6.79 Å². The van der Waals surface area contributed by atoms with Gasteiger partial charge >= 0.3 is 5.97 Å². The van der Waals surface area contributed by atoms with Gasteiger partial charge in [-0.25, -0.2) is 4.98 Å². The van der Waals surface area contributed by atoms with Crippen LogP contribution in [0.4, 0.5) is 0 Å². The number of carbonyl (C=O) groups excluding carboxylic acids is 2. The standard InChI is InChI=1S/C20H17N3O6/c1-11(18-22-14-5-3-2-4-13(14)20(26)23-18)29-17(24)9-21-19(25)12-6-7-15-16(8-12)28-10-27-15/h2-8,11H,9-10H2,1H3,(H,21,25)(H,22,23,26). The fraction of sp³-hybridized carbons (Fsp3) is 0.200. The van der Waals surface area contributed by atoms with E-state index in [9.17, 15) is 14.4 Å². The number of carbonyl (C=O) groups is 2. The van der Waals surface area contributed by atoms with Crippen LogP contribution in [0.2, 0.25) is 0 Å². The summed E-state index contributed by atoms with van der Waals surface area (Å²) in [5, 5.41) is 2.94. The molecule has 1 aromatic heterocycles. The number of hydrogen-bond donors (Lipinski definition) is 2. The largest absolute Gasteiger partial charge is 0.454 e. The molecule has 0 saturated carbocycles. The quantitative estimate of drug-likeness (QED) is 0.631. The molecule has 0 bridgehead atoms. The second-order valence-electron chi connectivity index (χ2n) is 6.35. The third-order valence-electron chi connectivity index (χ3n) is 4.35. The summed E-state index contributed by atoms with van der Waals surface area (Å²) in [7, 11) is 0. The number of esters is 1. The molecule has 0 aliphatic carbocycles. The van der Waals surface area contributed by atoms with Gasteiger partial charge in [-0.15, -0.1) is 0 Å². The first-order valence-corrected chi connectivity index (χ1v) is 8.87. The molecule has 1 unspecified atom stereocenters. The maximum Gasteiger partial charge on any atom is 0.326 e. The van der Waals surface area contributed by atoms with E-state index in [-0.39, 0.29) is 24.7 Å². The first kappa shape index (κ1) is 18.5. The number of nitrogens with one attached hydrogen (secondary N) is 2. The number of rotatable bonds is 5. The van der Waals surface area contributed by atoms with Crippen molar-refractivity contribution < 1.29 is 23.8 Å². The topological polar surface area (TPSA) is 120 Å². The highest BCUT2D eigenvalue weighted by molar-refractivity contribution is 5.96. The molecule has 2 heterocycles. The Morgan fingerprint density at radius 1 is 1.21 bits per heavy atom. The first-order chi connectivity index (χ1) is 14.0. The molecular formula is C20H17N3O6. The average Bonchev–Trinajstić information content (AvgIpc) is 3.19. The Morgan fingerprint density at radius 3 is 2.86 bits per heavy atom. The number of H-pyrrole nitrogens is 1. The Hall–Kier alpha value is -3.88. The summed E-state index contributed by atoms with van der Waals surface area (Å²) < 4.78 is 15.7. The number of benzene rings is 2. The minimum absolute atomic E-state index is 0.107. The van der Waals surface area contributed by atoms with Crippen LogP contribution in [0.15, 0.2) is 47.3 Å². The van der Waals surface area contributed by atoms with Gasteiger partial charge < -0.3 is 24.5 Å². The van der Waals surface area contributed by atoms with Gasteiger partial charge in [0.15, 0.2) is 23.4 Å². The van der Waals surface area contributed by atoms with Gasteiger partial charge in [-0.3, -0.25) is 14.4 Å². The number of amides is 1. The molecule has 148 valence electrons. The third-order valence-corrected chi connectivity index (χ3v) is 4.35. The third kappa shape index (κ3) is 3.88. The molecule has 9 heteroatoms. The second kappa shape index (κ2) is 7.63. The van der Waals surface area contributed by atoms with Gasteiger partial charge in [-0.05, 0) is 37.3 Å². The molecule has 29 heavy (non-hydrogen) atoms. The van der Waals surface area contributed by atoms with Crippen LogP contribution in [-0.2, 0) is 9.53 Å². The van der Waals surface area contributed by atoms with E-state index in [0.717, 1.165) is 0 Å². The molecule has 4 rings (SSSR count). The first-order valence-electron chi connectivity index (χ1n) is 8.87. The number of para-hydroxylation sites is 1. The molecule has 1 atom stereocenters. The van der Waals surface area contributed by atoms with Crippen LogP contribution < -0.4 is 20.3 Å². The molecule has 1 amide bonds. The van der Waals surface area contributed by atoms with Gasteiger partial charge in [0.1, 0.15) is 6.54 Å². The van der Waals surface area contributed by atoms with Crippen LogP contribution >= 0.6 is 0 Å². The Bertz CT molecular complexity index is 1160. The maximum absolute atomic E-state index is 12.2. The molecule has 1 aliphatic heterocycles. The molecule has 0 saturated heterocycles. The Balaban J connectivity index is 1.37. The lowest BCUT2D eigenvalue weighted by Gasteiger charge is -2.13. The lowest BCUT2D eigenvalue weighted by molar-refractivity contribution is -0.147. The minimum Gasteiger partial charge on any atom is -0.454 e. The zero-order valence-corrected chi connectivity index (χ0v) is 15.4. The zero-order chi connectivity index (χ0) is 20.4. The molecule has 3 aromatic rings. The van der Waals surface area contributed by atoms with Crippen molar-refractivity contribution in [2.75, 3.05) is 13.3 Å². The number of nitrogens with zero attached hydrogens (tertiary/aromatic N) is 1. The molecule has 0 spiro atoms. The van der Waals surface area contributed by atoms with Crippen molar-refractivity contribution in [3.05, 3.63) is 64.2 Å². The number of aromatic amines is 1. The highest BCUT2D eigenvalue weighted by Gasteiger charge is 2.19. The number of fused-ring (bicyclic) bond motifs is 2. The van der Waals surface area contributed by atoms with E-state index >= 15 is 0 Å². The Kier molecular flexibility index (Phi) is 4.86. The second-order valence-corrected chi connectivity index (χ2v) is 6.35. The van der Waals surface area contributed by atoms with Crippen molar-refractivity contribution in [2.45, 2.75) is 13.0 Å². The highest BCUT2D eigenvalue weighted by atomic mass is 16.7. The van der Waals surface area contributed by atoms with Gasteiger partial charge in [0, 0.05) is 5.56 Å². The van der Waals surface area contributed by atoms with Crippen molar-refractivity contribution in [1.82, 2.24) is 15.3 Å². The van der Waals surface area contributed by atoms with E-state index in [0.29, 0.717) is 28.0 Å². The lowest BCUT2D eigenvalue weighted by Crippen LogP contribution is -2.31.